The number of aromatic nitrogens is 2. The molecule has 2 aromatic heterocycles. The van der Waals surface area contributed by atoms with Crippen molar-refractivity contribution in [2.75, 3.05) is 4.90 Å². The number of para-hydroxylation sites is 1. The van der Waals surface area contributed by atoms with Crippen molar-refractivity contribution in [3.05, 3.63) is 114 Å². The van der Waals surface area contributed by atoms with Crippen LogP contribution in [0.15, 0.2) is 97.3 Å². The Labute approximate surface area is 181 Å². The van der Waals surface area contributed by atoms with E-state index in [1.807, 2.05) is 36.5 Å². The molecule has 2 aromatic carbocycles. The van der Waals surface area contributed by atoms with E-state index in [4.69, 9.17) is 12.2 Å². The van der Waals surface area contributed by atoms with Gasteiger partial charge in [0.1, 0.15) is 6.04 Å². The molecule has 1 fully saturated rings. The molecule has 0 spiro atoms. The van der Waals surface area contributed by atoms with Gasteiger partial charge in [0.05, 0.1) is 11.7 Å². The van der Waals surface area contributed by atoms with Crippen LogP contribution in [0.2, 0.25) is 0 Å². The minimum absolute atomic E-state index is 0.0360. The number of pyridine rings is 1. The summed E-state index contributed by atoms with van der Waals surface area (Å²) < 4.78 is 2.24. The van der Waals surface area contributed by atoms with Crippen molar-refractivity contribution in [2.45, 2.75) is 19.0 Å². The van der Waals surface area contributed by atoms with Gasteiger partial charge in [0.2, 0.25) is 0 Å². The van der Waals surface area contributed by atoms with Crippen LogP contribution in [0.25, 0.3) is 5.69 Å². The van der Waals surface area contributed by atoms with Crippen molar-refractivity contribution >= 4 is 23.0 Å². The Morgan fingerprint density at radius 3 is 2.33 bits per heavy atom. The lowest BCUT2D eigenvalue weighted by Crippen LogP contribution is -2.30. The fraction of sp³-hybridized carbons (Fsp3) is 0.120. The highest BCUT2D eigenvalue weighted by Gasteiger charge is 2.42. The summed E-state index contributed by atoms with van der Waals surface area (Å²) in [5.41, 5.74) is 5.57. The zero-order valence-electron chi connectivity index (χ0n) is 16.6. The Kier molecular flexibility index (Phi) is 4.81. The molecule has 1 aliphatic heterocycles. The van der Waals surface area contributed by atoms with E-state index in [0.29, 0.717) is 5.11 Å². The van der Waals surface area contributed by atoms with E-state index in [9.17, 15) is 0 Å². The number of nitrogens with zero attached hydrogens (tertiary/aromatic N) is 3. The third-order valence-electron chi connectivity index (χ3n) is 5.53. The molecular formula is C25H22N4S. The topological polar surface area (TPSA) is 33.1 Å². The van der Waals surface area contributed by atoms with Crippen molar-refractivity contribution < 1.29 is 0 Å². The summed E-state index contributed by atoms with van der Waals surface area (Å²) in [4.78, 5) is 6.84. The van der Waals surface area contributed by atoms with Crippen LogP contribution in [0.5, 0.6) is 0 Å². The largest absolute Gasteiger partial charge is 0.351 e. The molecule has 2 atom stereocenters. The van der Waals surface area contributed by atoms with Gasteiger partial charge in [-0.3, -0.25) is 4.98 Å². The van der Waals surface area contributed by atoms with E-state index in [-0.39, 0.29) is 12.1 Å². The summed E-state index contributed by atoms with van der Waals surface area (Å²) in [5, 5.41) is 4.23. The molecule has 4 aromatic rings. The van der Waals surface area contributed by atoms with Crippen LogP contribution >= 0.6 is 12.2 Å². The number of aryl methyl sites for hydroxylation is 1. The van der Waals surface area contributed by atoms with Crippen LogP contribution in [-0.4, -0.2) is 14.7 Å². The van der Waals surface area contributed by atoms with E-state index in [1.54, 1.807) is 0 Å². The van der Waals surface area contributed by atoms with Crippen LogP contribution in [0.1, 0.15) is 29.0 Å². The molecule has 148 valence electrons. The van der Waals surface area contributed by atoms with Gasteiger partial charge >= 0.3 is 0 Å². The third-order valence-corrected chi connectivity index (χ3v) is 5.84. The van der Waals surface area contributed by atoms with Crippen LogP contribution < -0.4 is 10.2 Å². The highest BCUT2D eigenvalue weighted by Crippen LogP contribution is 2.42. The lowest BCUT2D eigenvalue weighted by atomic mass is 10.0. The molecule has 3 heterocycles. The van der Waals surface area contributed by atoms with Gasteiger partial charge in [0.25, 0.3) is 0 Å². The average Bonchev–Trinajstić information content (AvgIpc) is 3.40. The van der Waals surface area contributed by atoms with E-state index in [1.165, 1.54) is 5.56 Å². The van der Waals surface area contributed by atoms with E-state index >= 15 is 0 Å². The van der Waals surface area contributed by atoms with Crippen LogP contribution in [0.3, 0.4) is 0 Å². The molecule has 0 saturated carbocycles. The zero-order chi connectivity index (χ0) is 20.5. The molecule has 0 unspecified atom stereocenters. The summed E-state index contributed by atoms with van der Waals surface area (Å²) >= 11 is 5.81. The smallest absolute Gasteiger partial charge is 0.174 e. The van der Waals surface area contributed by atoms with Gasteiger partial charge in [0.15, 0.2) is 5.11 Å². The van der Waals surface area contributed by atoms with Crippen LogP contribution in [0, 0.1) is 6.92 Å². The van der Waals surface area contributed by atoms with Crippen molar-refractivity contribution in [3.63, 3.8) is 0 Å². The number of thiocarbonyl (C=S) groups is 1. The van der Waals surface area contributed by atoms with E-state index in [2.05, 4.69) is 87.5 Å². The molecule has 5 rings (SSSR count). The number of hydrogen-bond donors (Lipinski definition) is 1. The minimum Gasteiger partial charge on any atom is -0.351 e. The molecule has 0 bridgehead atoms. The Balaban J connectivity index is 1.66. The Morgan fingerprint density at radius 2 is 1.60 bits per heavy atom. The second-order valence-electron chi connectivity index (χ2n) is 7.47. The number of benzene rings is 2. The fourth-order valence-electron chi connectivity index (χ4n) is 4.10. The third kappa shape index (κ3) is 3.27. The second-order valence-corrected chi connectivity index (χ2v) is 7.86. The van der Waals surface area contributed by atoms with Crippen molar-refractivity contribution in [1.29, 1.82) is 0 Å². The van der Waals surface area contributed by atoms with E-state index < -0.39 is 0 Å². The predicted octanol–water partition coefficient (Wildman–Crippen LogP) is 5.36. The molecule has 0 aliphatic carbocycles. The Morgan fingerprint density at radius 1 is 0.833 bits per heavy atom. The summed E-state index contributed by atoms with van der Waals surface area (Å²) in [6.07, 6.45) is 3.95. The maximum atomic E-state index is 5.81. The van der Waals surface area contributed by atoms with Gasteiger partial charge < -0.3 is 14.8 Å². The Hall–Kier alpha value is -3.44. The van der Waals surface area contributed by atoms with Crippen molar-refractivity contribution in [3.8, 4) is 5.69 Å². The molecule has 0 amide bonds. The molecule has 1 saturated heterocycles. The Bertz CT molecular complexity index is 1150. The molecule has 1 N–H and O–H groups in total. The standard InChI is InChI=1S/C25H22N4S/c1-18-12-14-19(15-13-18)28-17-7-11-22(28)24-23(21-10-5-6-16-26-21)27-25(30)29(24)20-8-3-2-4-9-20/h2-17,23-24H,1H3,(H,27,30)/t23-,24+/m1/s1. The maximum Gasteiger partial charge on any atom is 0.174 e. The molecule has 1 aliphatic rings. The lowest BCUT2D eigenvalue weighted by molar-refractivity contribution is 0.549. The summed E-state index contributed by atoms with van der Waals surface area (Å²) in [7, 11) is 0. The molecular weight excluding hydrogens is 388 g/mol. The summed E-state index contributed by atoms with van der Waals surface area (Å²) in [6, 6.07) is 29.1. The zero-order valence-corrected chi connectivity index (χ0v) is 17.5. The van der Waals surface area contributed by atoms with E-state index in [0.717, 1.165) is 22.8 Å². The molecule has 5 heteroatoms. The lowest BCUT2D eigenvalue weighted by Gasteiger charge is -2.29. The first-order chi connectivity index (χ1) is 14.7. The maximum absolute atomic E-state index is 5.81. The first-order valence-electron chi connectivity index (χ1n) is 10.0. The van der Waals surface area contributed by atoms with Gasteiger partial charge in [-0.05, 0) is 67.7 Å². The normalized spacial score (nSPS) is 18.4. The number of rotatable bonds is 4. The molecule has 4 nitrogen and oxygen atoms in total. The number of nitrogens with one attached hydrogen (secondary N) is 1. The summed E-state index contributed by atoms with van der Waals surface area (Å²) in [5.74, 6) is 0. The van der Waals surface area contributed by atoms with Crippen molar-refractivity contribution in [1.82, 2.24) is 14.9 Å². The predicted molar refractivity (Wildman–Crippen MR) is 125 cm³/mol. The van der Waals surface area contributed by atoms with Crippen LogP contribution in [0.4, 0.5) is 5.69 Å². The monoisotopic (exact) mass is 410 g/mol. The number of anilines is 1. The SMILES string of the molecule is Cc1ccc(-n2cccc2[C@H]2[C@@H](c3ccccn3)NC(=S)N2c2ccccc2)cc1. The van der Waals surface area contributed by atoms with Gasteiger partial charge in [-0.2, -0.15) is 0 Å². The van der Waals surface area contributed by atoms with Gasteiger partial charge in [-0.25, -0.2) is 0 Å². The highest BCUT2D eigenvalue weighted by atomic mass is 32.1. The molecule has 0 radical (unpaired) electrons. The minimum atomic E-state index is -0.0574. The van der Waals surface area contributed by atoms with Gasteiger partial charge in [-0.1, -0.05) is 42.0 Å². The number of hydrogen-bond acceptors (Lipinski definition) is 2. The first-order valence-corrected chi connectivity index (χ1v) is 10.4. The highest BCUT2D eigenvalue weighted by molar-refractivity contribution is 7.80. The fourth-order valence-corrected chi connectivity index (χ4v) is 4.44. The van der Waals surface area contributed by atoms with Crippen LogP contribution in [-0.2, 0) is 0 Å². The van der Waals surface area contributed by atoms with Gasteiger partial charge in [-0.15, -0.1) is 0 Å². The summed E-state index contributed by atoms with van der Waals surface area (Å²) in [6.45, 7) is 2.11. The van der Waals surface area contributed by atoms with Gasteiger partial charge in [0, 0.05) is 29.5 Å². The second kappa shape index (κ2) is 7.76. The first kappa shape index (κ1) is 18.6. The average molecular weight is 411 g/mol. The molecule has 30 heavy (non-hydrogen) atoms. The quantitative estimate of drug-likeness (QED) is 0.459. The van der Waals surface area contributed by atoms with Crippen molar-refractivity contribution in [2.24, 2.45) is 0 Å².